The highest BCUT2D eigenvalue weighted by molar-refractivity contribution is 8.11. The highest BCUT2D eigenvalue weighted by Gasteiger charge is 2.25. The van der Waals surface area contributed by atoms with E-state index in [-0.39, 0.29) is 11.7 Å². The molecular weight excluding hydrogens is 484 g/mol. The minimum atomic E-state index is -3.44. The molecule has 0 aromatic carbocycles. The first-order valence-electron chi connectivity index (χ1n) is 10.2. The highest BCUT2D eigenvalue weighted by atomic mass is 35.7. The maximum atomic E-state index is 11.5. The Hall–Kier alpha value is -0.740. The molecule has 0 aromatic heterocycles. The average Bonchev–Trinajstić information content (AvgIpc) is 2.68. The van der Waals surface area contributed by atoms with Crippen molar-refractivity contribution in [2.24, 2.45) is 0 Å². The van der Waals surface area contributed by atoms with E-state index in [1.807, 2.05) is 20.8 Å². The van der Waals surface area contributed by atoms with Crippen molar-refractivity contribution in [1.82, 2.24) is 28.4 Å². The summed E-state index contributed by atoms with van der Waals surface area (Å²) in [5.74, 6) is 0. The molecule has 0 atom stereocenters. The van der Waals surface area contributed by atoms with Crippen LogP contribution in [0.2, 0.25) is 0 Å². The number of nitrogens with one attached hydrogen (secondary N) is 2. The molecule has 1 amide bonds. The van der Waals surface area contributed by atoms with Crippen LogP contribution in [0.4, 0.5) is 4.79 Å². The number of hydrogen-bond donors (Lipinski definition) is 2. The highest BCUT2D eigenvalue weighted by Crippen LogP contribution is 2.10. The van der Waals surface area contributed by atoms with Crippen molar-refractivity contribution in [3.05, 3.63) is 0 Å². The van der Waals surface area contributed by atoms with Gasteiger partial charge in [0.15, 0.2) is 0 Å². The van der Waals surface area contributed by atoms with E-state index in [0.29, 0.717) is 13.1 Å². The van der Waals surface area contributed by atoms with Gasteiger partial charge >= 0.3 is 6.09 Å². The van der Waals surface area contributed by atoms with Crippen LogP contribution in [0, 0.1) is 0 Å². The zero-order chi connectivity index (χ0) is 25.2. The first-order chi connectivity index (χ1) is 14.5. The number of hydrogen-bond acceptors (Lipinski definition) is 8. The summed E-state index contributed by atoms with van der Waals surface area (Å²) in [7, 11) is 3.99. The van der Waals surface area contributed by atoms with Crippen LogP contribution in [0.25, 0.3) is 0 Å². The lowest BCUT2D eigenvalue weighted by molar-refractivity contribution is 0.0229. The zero-order valence-corrected chi connectivity index (χ0v) is 22.5. The topological polar surface area (TPSA) is 132 Å². The molecule has 0 radical (unpaired) electrons. The predicted molar refractivity (Wildman–Crippen MR) is 126 cm³/mol. The minimum Gasteiger partial charge on any atom is -0.444 e. The molecule has 0 aliphatic carbocycles. The maximum absolute atomic E-state index is 11.5. The number of rotatable bonds is 3. The zero-order valence-electron chi connectivity index (χ0n) is 20.1. The van der Waals surface area contributed by atoms with Gasteiger partial charge in [-0.3, -0.25) is 0 Å². The second-order valence-corrected chi connectivity index (χ2v) is 13.2. The maximum Gasteiger partial charge on any atom is 0.410 e. The summed E-state index contributed by atoms with van der Waals surface area (Å²) < 4.78 is 52.0. The fourth-order valence-electron chi connectivity index (χ4n) is 2.28. The van der Waals surface area contributed by atoms with Crippen molar-refractivity contribution in [1.29, 1.82) is 0 Å². The number of carbonyl (C=O) groups is 1. The van der Waals surface area contributed by atoms with Gasteiger partial charge in [0, 0.05) is 91.2 Å². The van der Waals surface area contributed by atoms with E-state index in [0.717, 1.165) is 43.6 Å². The Balaban J connectivity index is 0.000000473. The lowest BCUT2D eigenvalue weighted by Crippen LogP contribution is -2.50. The van der Waals surface area contributed by atoms with Gasteiger partial charge in [0.1, 0.15) is 5.60 Å². The number of halogens is 1. The first-order valence-corrected chi connectivity index (χ1v) is 13.8. The first kappa shape index (κ1) is 31.3. The largest absolute Gasteiger partial charge is 0.444 e. The van der Waals surface area contributed by atoms with Gasteiger partial charge < -0.3 is 20.3 Å². The van der Waals surface area contributed by atoms with E-state index in [2.05, 4.69) is 10.6 Å². The van der Waals surface area contributed by atoms with Crippen molar-refractivity contribution in [3.8, 4) is 0 Å². The van der Waals surface area contributed by atoms with E-state index in [4.69, 9.17) is 15.4 Å². The van der Waals surface area contributed by atoms with Gasteiger partial charge in [-0.1, -0.05) is 0 Å². The van der Waals surface area contributed by atoms with Crippen LogP contribution in [0.1, 0.15) is 20.8 Å². The summed E-state index contributed by atoms with van der Waals surface area (Å²) in [6.45, 7) is 11.5. The molecule has 192 valence electrons. The van der Waals surface area contributed by atoms with Gasteiger partial charge in [0.25, 0.3) is 19.4 Å². The van der Waals surface area contributed by atoms with Gasteiger partial charge in [0.2, 0.25) is 0 Å². The molecule has 2 fully saturated rings. The van der Waals surface area contributed by atoms with Crippen molar-refractivity contribution in [2.75, 3.05) is 80.5 Å². The van der Waals surface area contributed by atoms with Crippen molar-refractivity contribution in [3.63, 3.8) is 0 Å². The minimum absolute atomic E-state index is 0.200. The Kier molecular flexibility index (Phi) is 13.5. The van der Waals surface area contributed by atoms with Gasteiger partial charge in [0.05, 0.1) is 0 Å². The van der Waals surface area contributed by atoms with Gasteiger partial charge in [-0.2, -0.15) is 29.8 Å². The molecule has 12 nitrogen and oxygen atoms in total. The van der Waals surface area contributed by atoms with Crippen molar-refractivity contribution in [2.45, 2.75) is 26.4 Å². The SMILES string of the molecule is CC(C)(C)OC(=O)N1CCNCC1.CN(C)S(=O)(=O)Cl.CN(C)S(=O)(=O)N1CCNCC1. The number of ether oxygens (including phenoxy) is 1. The number of nitrogens with zero attached hydrogens (tertiary/aromatic N) is 4. The van der Waals surface area contributed by atoms with E-state index in [9.17, 15) is 21.6 Å². The van der Waals surface area contributed by atoms with E-state index >= 15 is 0 Å². The molecule has 15 heteroatoms. The molecule has 0 bridgehead atoms. The molecule has 2 aliphatic heterocycles. The molecule has 2 aliphatic rings. The van der Waals surface area contributed by atoms with Crippen LogP contribution < -0.4 is 10.6 Å². The van der Waals surface area contributed by atoms with Gasteiger partial charge in [-0.25, -0.2) is 4.79 Å². The molecule has 0 aromatic rings. The summed E-state index contributed by atoms with van der Waals surface area (Å²) in [5.41, 5.74) is -0.387. The van der Waals surface area contributed by atoms with Crippen LogP contribution in [-0.2, 0) is 24.2 Å². The summed E-state index contributed by atoms with van der Waals surface area (Å²) in [5, 5.41) is 6.28. The number of carbonyl (C=O) groups excluding carboxylic acids is 1. The molecule has 0 saturated carbocycles. The van der Waals surface area contributed by atoms with Gasteiger partial charge in [-0.15, -0.1) is 0 Å². The Labute approximate surface area is 197 Å². The van der Waals surface area contributed by atoms with Crippen molar-refractivity contribution >= 4 is 36.2 Å². The fourth-order valence-corrected chi connectivity index (χ4v) is 3.39. The molecule has 2 saturated heterocycles. The average molecular weight is 523 g/mol. The molecule has 2 rings (SSSR count). The normalized spacial score (nSPS) is 18.4. The molecule has 0 unspecified atom stereocenters. The Bertz CT molecular complexity index is 759. The summed E-state index contributed by atoms with van der Waals surface area (Å²) in [6, 6.07) is 0. The molecule has 2 N–H and O–H groups in total. The Morgan fingerprint density at radius 3 is 1.53 bits per heavy atom. The van der Waals surface area contributed by atoms with Crippen LogP contribution in [-0.4, -0.2) is 127 Å². The quantitative estimate of drug-likeness (QED) is 0.477. The lowest BCUT2D eigenvalue weighted by Gasteiger charge is -2.30. The summed E-state index contributed by atoms with van der Waals surface area (Å²) >= 11 is 0. The van der Waals surface area contributed by atoms with E-state index in [1.165, 1.54) is 22.7 Å². The standard InChI is InChI=1S/C9H18N2O2.C6H15N3O2S.C2H6ClNO2S/c1-9(2,3)13-8(12)11-6-4-10-5-7-11;1-8(2)12(10,11)9-5-3-7-4-6-9;1-4(2)7(3,5)6/h10H,4-7H2,1-3H3;7H,3-6H2,1-2H3;1-2H3. The fraction of sp³-hybridized carbons (Fsp3) is 0.941. The summed E-state index contributed by atoms with van der Waals surface area (Å²) in [6.07, 6.45) is -0.200. The third-order valence-corrected chi connectivity index (χ3v) is 7.71. The van der Waals surface area contributed by atoms with Crippen LogP contribution in [0.3, 0.4) is 0 Å². The van der Waals surface area contributed by atoms with E-state index < -0.39 is 19.4 Å². The number of piperazine rings is 2. The monoisotopic (exact) mass is 522 g/mol. The third-order valence-electron chi connectivity index (χ3n) is 4.07. The Morgan fingerprint density at radius 1 is 0.844 bits per heavy atom. The smallest absolute Gasteiger partial charge is 0.410 e. The molecule has 0 spiro atoms. The third kappa shape index (κ3) is 13.1. The summed E-state index contributed by atoms with van der Waals surface area (Å²) in [4.78, 5) is 13.2. The predicted octanol–water partition coefficient (Wildman–Crippen LogP) is -0.444. The second-order valence-electron chi connectivity index (χ2n) is 8.38. The van der Waals surface area contributed by atoms with Gasteiger partial charge in [-0.05, 0) is 20.8 Å². The van der Waals surface area contributed by atoms with E-state index in [1.54, 1.807) is 19.0 Å². The number of amides is 1. The van der Waals surface area contributed by atoms with Crippen LogP contribution >= 0.6 is 10.7 Å². The van der Waals surface area contributed by atoms with Crippen molar-refractivity contribution < 1.29 is 26.4 Å². The molecular formula is C17H39ClN6O6S2. The Morgan fingerprint density at radius 2 is 1.22 bits per heavy atom. The van der Waals surface area contributed by atoms with Crippen LogP contribution in [0.5, 0.6) is 0 Å². The van der Waals surface area contributed by atoms with Crippen LogP contribution in [0.15, 0.2) is 0 Å². The molecule has 32 heavy (non-hydrogen) atoms. The lowest BCUT2D eigenvalue weighted by atomic mass is 10.2. The molecule has 2 heterocycles. The second kappa shape index (κ2) is 13.8.